The Balaban J connectivity index is 2.18. The van der Waals surface area contributed by atoms with Crippen LogP contribution in [-0.2, 0) is 0 Å². The fourth-order valence-electron chi connectivity index (χ4n) is 1.81. The van der Waals surface area contributed by atoms with Gasteiger partial charge in [-0.2, -0.15) is 0 Å². The lowest BCUT2D eigenvalue weighted by Crippen LogP contribution is -2.06. The minimum Gasteiger partial charge on any atom is -0.378 e. The smallest absolute Gasteiger partial charge is 0.0595 e. The summed E-state index contributed by atoms with van der Waals surface area (Å²) in [7, 11) is 0. The lowest BCUT2D eigenvalue weighted by molar-refractivity contribution is 0.885. The quantitative estimate of drug-likeness (QED) is 0.771. The molecule has 0 heterocycles. The third-order valence-corrected chi connectivity index (χ3v) is 3.60. The number of benzene rings is 2. The predicted molar refractivity (Wildman–Crippen MR) is 82.9 cm³/mol. The van der Waals surface area contributed by atoms with Crippen LogP contribution in [0.4, 0.5) is 5.69 Å². The molecule has 0 aromatic heterocycles. The van der Waals surface area contributed by atoms with Crippen LogP contribution in [0.5, 0.6) is 0 Å². The van der Waals surface area contributed by atoms with Gasteiger partial charge in [-0.3, -0.25) is 0 Å². The monoisotopic (exact) mass is 289 g/mol. The number of hydrogen-bond acceptors (Lipinski definition) is 1. The summed E-state index contributed by atoms with van der Waals surface area (Å²) in [6.07, 6.45) is 5.39. The topological polar surface area (TPSA) is 12.0 Å². The maximum Gasteiger partial charge on any atom is 0.0595 e. The van der Waals surface area contributed by atoms with E-state index in [4.69, 9.17) is 29.6 Å². The van der Waals surface area contributed by atoms with Crippen LogP contribution in [0.3, 0.4) is 0 Å². The van der Waals surface area contributed by atoms with E-state index in [-0.39, 0.29) is 6.04 Å². The summed E-state index contributed by atoms with van der Waals surface area (Å²) in [5.74, 6) is 2.62. The Bertz CT molecular complexity index is 629. The summed E-state index contributed by atoms with van der Waals surface area (Å²) in [6, 6.07) is 13.5. The molecule has 2 aromatic rings. The molecule has 0 spiro atoms. The molecular formula is C16H13Cl2N. The lowest BCUT2D eigenvalue weighted by Gasteiger charge is -2.16. The van der Waals surface area contributed by atoms with Gasteiger partial charge >= 0.3 is 0 Å². The highest BCUT2D eigenvalue weighted by atomic mass is 35.5. The third-order valence-electron chi connectivity index (χ3n) is 2.86. The van der Waals surface area contributed by atoms with Gasteiger partial charge in [-0.15, -0.1) is 6.42 Å². The van der Waals surface area contributed by atoms with Crippen LogP contribution < -0.4 is 5.32 Å². The van der Waals surface area contributed by atoms with Crippen LogP contribution >= 0.6 is 23.2 Å². The molecule has 0 amide bonds. The lowest BCUT2D eigenvalue weighted by atomic mass is 10.1. The van der Waals surface area contributed by atoms with E-state index in [2.05, 4.69) is 18.2 Å². The highest BCUT2D eigenvalue weighted by Crippen LogP contribution is 2.27. The minimum atomic E-state index is 0.114. The molecular weight excluding hydrogens is 277 g/mol. The van der Waals surface area contributed by atoms with Crippen LogP contribution in [0, 0.1) is 12.3 Å². The van der Waals surface area contributed by atoms with E-state index in [0.717, 1.165) is 16.8 Å². The van der Waals surface area contributed by atoms with E-state index in [0.29, 0.717) is 10.0 Å². The van der Waals surface area contributed by atoms with Gasteiger partial charge in [-0.05, 0) is 42.8 Å². The molecule has 2 rings (SSSR count). The second-order valence-electron chi connectivity index (χ2n) is 4.26. The molecule has 1 atom stereocenters. The third kappa shape index (κ3) is 3.44. The number of hydrogen-bond donors (Lipinski definition) is 1. The Morgan fingerprint density at radius 2 is 1.89 bits per heavy atom. The molecule has 19 heavy (non-hydrogen) atoms. The Morgan fingerprint density at radius 3 is 2.58 bits per heavy atom. The average molecular weight is 290 g/mol. The van der Waals surface area contributed by atoms with Crippen molar-refractivity contribution in [1.29, 1.82) is 0 Å². The first-order valence-electron chi connectivity index (χ1n) is 5.88. The summed E-state index contributed by atoms with van der Waals surface area (Å²) in [5, 5.41) is 4.50. The van der Waals surface area contributed by atoms with Gasteiger partial charge in [0.25, 0.3) is 0 Å². The first kappa shape index (κ1) is 13.8. The van der Waals surface area contributed by atoms with Crippen LogP contribution in [0.1, 0.15) is 24.1 Å². The SMILES string of the molecule is C#Cc1cccc(NC(C)c2ccc(Cl)c(Cl)c2)c1. The van der Waals surface area contributed by atoms with Crippen molar-refractivity contribution in [3.63, 3.8) is 0 Å². The van der Waals surface area contributed by atoms with Gasteiger partial charge in [0, 0.05) is 17.3 Å². The number of rotatable bonds is 3. The van der Waals surface area contributed by atoms with Crippen LogP contribution in [-0.4, -0.2) is 0 Å². The molecule has 1 unspecified atom stereocenters. The molecule has 0 radical (unpaired) electrons. The second kappa shape index (κ2) is 6.02. The van der Waals surface area contributed by atoms with Crippen molar-refractivity contribution in [1.82, 2.24) is 0 Å². The van der Waals surface area contributed by atoms with Gasteiger partial charge in [-0.1, -0.05) is 41.3 Å². The molecule has 0 aliphatic heterocycles. The van der Waals surface area contributed by atoms with E-state index in [9.17, 15) is 0 Å². The molecule has 0 saturated carbocycles. The average Bonchev–Trinajstić information content (AvgIpc) is 2.42. The molecule has 1 nitrogen and oxygen atoms in total. The fourth-order valence-corrected chi connectivity index (χ4v) is 2.12. The first-order valence-corrected chi connectivity index (χ1v) is 6.64. The summed E-state index contributed by atoms with van der Waals surface area (Å²) in [6.45, 7) is 2.06. The number of halogens is 2. The van der Waals surface area contributed by atoms with Gasteiger partial charge in [0.15, 0.2) is 0 Å². The maximum absolute atomic E-state index is 6.02. The molecule has 0 saturated heterocycles. The largest absolute Gasteiger partial charge is 0.378 e. The van der Waals surface area contributed by atoms with E-state index < -0.39 is 0 Å². The summed E-state index contributed by atoms with van der Waals surface area (Å²) in [5.41, 5.74) is 2.90. The van der Waals surface area contributed by atoms with E-state index in [1.807, 2.05) is 36.4 Å². The van der Waals surface area contributed by atoms with Gasteiger partial charge in [-0.25, -0.2) is 0 Å². The normalized spacial score (nSPS) is 11.7. The molecule has 0 bridgehead atoms. The number of nitrogens with one attached hydrogen (secondary N) is 1. The van der Waals surface area contributed by atoms with Crippen molar-refractivity contribution in [2.24, 2.45) is 0 Å². The zero-order valence-corrected chi connectivity index (χ0v) is 12.0. The zero-order chi connectivity index (χ0) is 13.8. The van der Waals surface area contributed by atoms with Gasteiger partial charge < -0.3 is 5.32 Å². The molecule has 0 aliphatic rings. The number of anilines is 1. The Kier molecular flexibility index (Phi) is 4.37. The Morgan fingerprint density at radius 1 is 1.11 bits per heavy atom. The molecule has 3 heteroatoms. The van der Waals surface area contributed by atoms with E-state index in [1.165, 1.54) is 0 Å². The Labute approximate surface area is 123 Å². The van der Waals surface area contributed by atoms with Crippen molar-refractivity contribution in [3.05, 3.63) is 63.6 Å². The first-order chi connectivity index (χ1) is 9.10. The molecule has 1 N–H and O–H groups in total. The van der Waals surface area contributed by atoms with Gasteiger partial charge in [0.2, 0.25) is 0 Å². The standard InChI is InChI=1S/C16H13Cl2N/c1-3-12-5-4-6-14(9-12)19-11(2)13-7-8-15(17)16(18)10-13/h1,4-11,19H,2H3. The fraction of sp³-hybridized carbons (Fsp3) is 0.125. The van der Waals surface area contributed by atoms with E-state index >= 15 is 0 Å². The molecule has 2 aromatic carbocycles. The molecule has 96 valence electrons. The van der Waals surface area contributed by atoms with E-state index in [1.54, 1.807) is 6.07 Å². The summed E-state index contributed by atoms with van der Waals surface area (Å²) < 4.78 is 0. The molecule has 0 aliphatic carbocycles. The second-order valence-corrected chi connectivity index (χ2v) is 5.08. The van der Waals surface area contributed by atoms with Crippen LogP contribution in [0.15, 0.2) is 42.5 Å². The molecule has 0 fully saturated rings. The van der Waals surface area contributed by atoms with Crippen molar-refractivity contribution < 1.29 is 0 Å². The van der Waals surface area contributed by atoms with Crippen molar-refractivity contribution in [2.75, 3.05) is 5.32 Å². The maximum atomic E-state index is 6.02. The van der Waals surface area contributed by atoms with Crippen molar-refractivity contribution in [2.45, 2.75) is 13.0 Å². The Hall–Kier alpha value is -1.62. The summed E-state index contributed by atoms with van der Waals surface area (Å²) in [4.78, 5) is 0. The predicted octanol–water partition coefficient (Wildman–Crippen LogP) is 5.15. The van der Waals surface area contributed by atoms with Crippen LogP contribution in [0.2, 0.25) is 10.0 Å². The van der Waals surface area contributed by atoms with Crippen molar-refractivity contribution >= 4 is 28.9 Å². The van der Waals surface area contributed by atoms with Gasteiger partial charge in [0.05, 0.1) is 10.0 Å². The van der Waals surface area contributed by atoms with Gasteiger partial charge in [0.1, 0.15) is 0 Å². The number of terminal acetylenes is 1. The highest BCUT2D eigenvalue weighted by molar-refractivity contribution is 6.42. The van der Waals surface area contributed by atoms with Crippen molar-refractivity contribution in [3.8, 4) is 12.3 Å². The highest BCUT2D eigenvalue weighted by Gasteiger charge is 2.07. The minimum absolute atomic E-state index is 0.114. The van der Waals surface area contributed by atoms with Crippen LogP contribution in [0.25, 0.3) is 0 Å². The summed E-state index contributed by atoms with van der Waals surface area (Å²) >= 11 is 11.9. The zero-order valence-electron chi connectivity index (χ0n) is 10.5.